The zero-order valence-corrected chi connectivity index (χ0v) is 12.2. The molecule has 0 atom stereocenters. The van der Waals surface area contributed by atoms with Gasteiger partial charge in [0.25, 0.3) is 0 Å². The van der Waals surface area contributed by atoms with Crippen LogP contribution in [0.3, 0.4) is 0 Å². The van der Waals surface area contributed by atoms with E-state index in [-0.39, 0.29) is 0 Å². The number of aryl methyl sites for hydroxylation is 1. The molecule has 2 N–H and O–H groups in total. The molecule has 0 aliphatic rings. The fourth-order valence-corrected chi connectivity index (χ4v) is 2.04. The minimum atomic E-state index is 0.806. The molecule has 5 heteroatoms. The maximum Gasteiger partial charge on any atom is 0.138 e. The first-order valence-electron chi connectivity index (χ1n) is 5.64. The zero-order valence-electron chi connectivity index (χ0n) is 10.6. The van der Waals surface area contributed by atoms with Crippen LogP contribution in [0, 0.1) is 13.8 Å². The van der Waals surface area contributed by atoms with Crippen molar-refractivity contribution < 1.29 is 0 Å². The second-order valence-electron chi connectivity index (χ2n) is 4.05. The highest BCUT2D eigenvalue weighted by Gasteiger charge is 2.07. The summed E-state index contributed by atoms with van der Waals surface area (Å²) in [4.78, 5) is 8.43. The molecule has 2 aromatic rings. The van der Waals surface area contributed by atoms with E-state index in [2.05, 4.69) is 55.6 Å². The summed E-state index contributed by atoms with van der Waals surface area (Å²) in [7, 11) is 1.85. The van der Waals surface area contributed by atoms with Crippen LogP contribution in [0.25, 0.3) is 0 Å². The molecule has 0 bridgehead atoms. The average molecular weight is 307 g/mol. The van der Waals surface area contributed by atoms with E-state index in [0.29, 0.717) is 0 Å². The van der Waals surface area contributed by atoms with Crippen molar-refractivity contribution in [1.29, 1.82) is 0 Å². The fraction of sp³-hybridized carbons (Fsp3) is 0.231. The number of anilines is 3. The van der Waals surface area contributed by atoms with E-state index in [1.54, 1.807) is 6.33 Å². The largest absolute Gasteiger partial charge is 0.373 e. The van der Waals surface area contributed by atoms with E-state index < -0.39 is 0 Å². The molecule has 0 amide bonds. The van der Waals surface area contributed by atoms with E-state index in [4.69, 9.17) is 0 Å². The SMILES string of the molecule is CNc1ncnc(Nc2cc(C)ccc2Br)c1C. The summed E-state index contributed by atoms with van der Waals surface area (Å²) in [5, 5.41) is 6.36. The lowest BCUT2D eigenvalue weighted by atomic mass is 10.2. The van der Waals surface area contributed by atoms with Crippen molar-refractivity contribution in [3.05, 3.63) is 40.1 Å². The molecular formula is C13H15BrN4. The van der Waals surface area contributed by atoms with Crippen LogP contribution in [0.5, 0.6) is 0 Å². The standard InChI is InChI=1S/C13H15BrN4/c1-8-4-5-10(14)11(6-8)18-13-9(2)12(15-3)16-7-17-13/h4-7H,1-3H3,(H2,15,16,17,18). The van der Waals surface area contributed by atoms with Gasteiger partial charge in [-0.3, -0.25) is 0 Å². The molecule has 4 nitrogen and oxygen atoms in total. The van der Waals surface area contributed by atoms with Crippen LogP contribution in [0.1, 0.15) is 11.1 Å². The summed E-state index contributed by atoms with van der Waals surface area (Å²) >= 11 is 3.53. The van der Waals surface area contributed by atoms with Gasteiger partial charge in [0.05, 0.1) is 5.69 Å². The Labute approximate surface area is 115 Å². The summed E-state index contributed by atoms with van der Waals surface area (Å²) in [5.74, 6) is 1.64. The average Bonchev–Trinajstić information content (AvgIpc) is 2.36. The Kier molecular flexibility index (Phi) is 3.81. The Morgan fingerprint density at radius 2 is 1.83 bits per heavy atom. The van der Waals surface area contributed by atoms with Gasteiger partial charge in [-0.2, -0.15) is 0 Å². The Morgan fingerprint density at radius 3 is 2.56 bits per heavy atom. The molecule has 0 saturated carbocycles. The van der Waals surface area contributed by atoms with Crippen molar-refractivity contribution in [2.24, 2.45) is 0 Å². The summed E-state index contributed by atoms with van der Waals surface area (Å²) < 4.78 is 1.01. The van der Waals surface area contributed by atoms with Crippen LogP contribution in [0.2, 0.25) is 0 Å². The molecule has 94 valence electrons. The lowest BCUT2D eigenvalue weighted by Gasteiger charge is -2.12. The van der Waals surface area contributed by atoms with E-state index >= 15 is 0 Å². The van der Waals surface area contributed by atoms with Crippen LogP contribution in [0.15, 0.2) is 29.0 Å². The van der Waals surface area contributed by atoms with Gasteiger partial charge in [0.1, 0.15) is 18.0 Å². The molecule has 0 unspecified atom stereocenters. The number of aromatic nitrogens is 2. The van der Waals surface area contributed by atoms with Crippen molar-refractivity contribution in [3.63, 3.8) is 0 Å². The van der Waals surface area contributed by atoms with Crippen molar-refractivity contribution >= 4 is 33.3 Å². The van der Waals surface area contributed by atoms with Crippen LogP contribution in [-0.2, 0) is 0 Å². The number of nitrogens with zero attached hydrogens (tertiary/aromatic N) is 2. The number of hydrogen-bond acceptors (Lipinski definition) is 4. The maximum absolute atomic E-state index is 4.27. The molecule has 0 radical (unpaired) electrons. The summed E-state index contributed by atoms with van der Waals surface area (Å²) in [6.07, 6.45) is 1.55. The monoisotopic (exact) mass is 306 g/mol. The highest BCUT2D eigenvalue weighted by atomic mass is 79.9. The third-order valence-corrected chi connectivity index (χ3v) is 3.39. The Bertz CT molecular complexity index is 569. The van der Waals surface area contributed by atoms with Gasteiger partial charge < -0.3 is 10.6 Å². The second-order valence-corrected chi connectivity index (χ2v) is 4.91. The molecule has 0 aliphatic heterocycles. The molecule has 1 heterocycles. The van der Waals surface area contributed by atoms with Gasteiger partial charge in [-0.25, -0.2) is 9.97 Å². The third kappa shape index (κ3) is 2.61. The lowest BCUT2D eigenvalue weighted by molar-refractivity contribution is 1.12. The molecular weight excluding hydrogens is 292 g/mol. The minimum Gasteiger partial charge on any atom is -0.373 e. The molecule has 0 fully saturated rings. The normalized spacial score (nSPS) is 10.2. The quantitative estimate of drug-likeness (QED) is 0.909. The first-order chi connectivity index (χ1) is 8.61. The highest BCUT2D eigenvalue weighted by molar-refractivity contribution is 9.10. The number of rotatable bonds is 3. The van der Waals surface area contributed by atoms with Gasteiger partial charge in [0.2, 0.25) is 0 Å². The summed E-state index contributed by atoms with van der Waals surface area (Å²) in [5.41, 5.74) is 3.19. The van der Waals surface area contributed by atoms with Gasteiger partial charge in [-0.05, 0) is 47.5 Å². The fourth-order valence-electron chi connectivity index (χ4n) is 1.69. The molecule has 18 heavy (non-hydrogen) atoms. The van der Waals surface area contributed by atoms with Gasteiger partial charge in [0, 0.05) is 17.1 Å². The van der Waals surface area contributed by atoms with Gasteiger partial charge in [-0.1, -0.05) is 6.07 Å². The van der Waals surface area contributed by atoms with E-state index in [0.717, 1.165) is 27.4 Å². The number of halogens is 1. The molecule has 2 rings (SSSR count). The van der Waals surface area contributed by atoms with Crippen LogP contribution >= 0.6 is 15.9 Å². The Morgan fingerprint density at radius 1 is 1.11 bits per heavy atom. The Balaban J connectivity index is 2.37. The van der Waals surface area contributed by atoms with Crippen molar-refractivity contribution in [1.82, 2.24) is 9.97 Å². The molecule has 1 aromatic heterocycles. The van der Waals surface area contributed by atoms with Crippen LogP contribution in [-0.4, -0.2) is 17.0 Å². The third-order valence-electron chi connectivity index (χ3n) is 2.70. The Hall–Kier alpha value is -1.62. The lowest BCUT2D eigenvalue weighted by Crippen LogP contribution is -2.03. The molecule has 1 aromatic carbocycles. The highest BCUT2D eigenvalue weighted by Crippen LogP contribution is 2.28. The second kappa shape index (κ2) is 5.35. The minimum absolute atomic E-state index is 0.806. The topological polar surface area (TPSA) is 49.8 Å². The predicted octanol–water partition coefficient (Wildman–Crippen LogP) is 3.64. The molecule has 0 spiro atoms. The van der Waals surface area contributed by atoms with Gasteiger partial charge in [-0.15, -0.1) is 0 Å². The summed E-state index contributed by atoms with van der Waals surface area (Å²) in [6.45, 7) is 4.04. The molecule has 0 aliphatic carbocycles. The maximum atomic E-state index is 4.27. The van der Waals surface area contributed by atoms with Crippen LogP contribution < -0.4 is 10.6 Å². The predicted molar refractivity (Wildman–Crippen MR) is 78.5 cm³/mol. The first kappa shape index (κ1) is 12.8. The first-order valence-corrected chi connectivity index (χ1v) is 6.43. The van der Waals surface area contributed by atoms with Crippen molar-refractivity contribution in [3.8, 4) is 0 Å². The van der Waals surface area contributed by atoms with E-state index in [1.807, 2.05) is 20.0 Å². The molecule has 0 saturated heterocycles. The van der Waals surface area contributed by atoms with Crippen LogP contribution in [0.4, 0.5) is 17.3 Å². The number of benzene rings is 1. The zero-order chi connectivity index (χ0) is 13.1. The van der Waals surface area contributed by atoms with E-state index in [9.17, 15) is 0 Å². The van der Waals surface area contributed by atoms with Crippen molar-refractivity contribution in [2.75, 3.05) is 17.7 Å². The van der Waals surface area contributed by atoms with Crippen molar-refractivity contribution in [2.45, 2.75) is 13.8 Å². The number of nitrogens with one attached hydrogen (secondary N) is 2. The smallest absolute Gasteiger partial charge is 0.138 e. The van der Waals surface area contributed by atoms with Gasteiger partial charge in [0.15, 0.2) is 0 Å². The van der Waals surface area contributed by atoms with Gasteiger partial charge >= 0.3 is 0 Å². The number of hydrogen-bond donors (Lipinski definition) is 2. The summed E-state index contributed by atoms with van der Waals surface area (Å²) in [6, 6.07) is 6.15. The van der Waals surface area contributed by atoms with E-state index in [1.165, 1.54) is 5.56 Å².